The highest BCUT2D eigenvalue weighted by Gasteiger charge is 2.21. The molecule has 0 N–H and O–H groups in total. The van der Waals surface area contributed by atoms with Gasteiger partial charge in [0.05, 0.1) is 22.8 Å². The molecule has 0 aliphatic carbocycles. The summed E-state index contributed by atoms with van der Waals surface area (Å²) in [4.78, 5) is 0.804. The molecule has 2 rings (SSSR count). The van der Waals surface area contributed by atoms with Crippen LogP contribution in [0, 0.1) is 12.7 Å². The summed E-state index contributed by atoms with van der Waals surface area (Å²) in [7, 11) is 3.02. The van der Waals surface area contributed by atoms with E-state index in [4.69, 9.17) is 9.47 Å². The van der Waals surface area contributed by atoms with E-state index in [1.54, 1.807) is 17.4 Å². The third kappa shape index (κ3) is 3.02. The van der Waals surface area contributed by atoms with Gasteiger partial charge in [0.2, 0.25) is 0 Å². The number of aryl methyl sites for hydroxylation is 1. The van der Waals surface area contributed by atoms with Gasteiger partial charge in [-0.2, -0.15) is 0 Å². The summed E-state index contributed by atoms with van der Waals surface area (Å²) in [5.74, 6) is 0.574. The van der Waals surface area contributed by atoms with Crippen molar-refractivity contribution in [1.29, 1.82) is 0 Å². The van der Waals surface area contributed by atoms with Crippen LogP contribution >= 0.6 is 43.2 Å². The van der Waals surface area contributed by atoms with Gasteiger partial charge in [-0.3, -0.25) is 0 Å². The first-order valence-electron chi connectivity index (χ1n) is 5.79. The molecule has 0 spiro atoms. The first-order valence-corrected chi connectivity index (χ1v) is 8.31. The molecule has 0 amide bonds. The van der Waals surface area contributed by atoms with Crippen molar-refractivity contribution >= 4 is 43.2 Å². The lowest BCUT2D eigenvalue weighted by Gasteiger charge is -2.14. The molecule has 1 aromatic heterocycles. The van der Waals surface area contributed by atoms with Crippen molar-refractivity contribution < 1.29 is 13.9 Å². The van der Waals surface area contributed by atoms with Crippen molar-refractivity contribution in [2.45, 2.75) is 11.8 Å². The number of thiophene rings is 1. The van der Waals surface area contributed by atoms with E-state index in [-0.39, 0.29) is 10.6 Å². The number of hydrogen-bond donors (Lipinski definition) is 0. The molecule has 2 aromatic rings. The van der Waals surface area contributed by atoms with Gasteiger partial charge in [-0.05, 0) is 40.5 Å². The van der Waals surface area contributed by atoms with Gasteiger partial charge in [0.1, 0.15) is 5.82 Å². The average Bonchev–Trinajstić information content (AvgIpc) is 2.77. The molecule has 1 aromatic carbocycles. The molecule has 1 unspecified atom stereocenters. The largest absolute Gasteiger partial charge is 0.493 e. The summed E-state index contributed by atoms with van der Waals surface area (Å²) in [6.07, 6.45) is 0. The lowest BCUT2D eigenvalue weighted by atomic mass is 10.1. The monoisotopic (exact) mass is 422 g/mol. The van der Waals surface area contributed by atoms with E-state index < -0.39 is 0 Å². The molecule has 0 aliphatic heterocycles. The zero-order valence-corrected chi connectivity index (χ0v) is 15.2. The van der Waals surface area contributed by atoms with Crippen LogP contribution in [0.5, 0.6) is 11.5 Å². The van der Waals surface area contributed by atoms with E-state index in [1.165, 1.54) is 20.3 Å². The molecular weight excluding hydrogens is 411 g/mol. The summed E-state index contributed by atoms with van der Waals surface area (Å²) < 4.78 is 25.6. The summed E-state index contributed by atoms with van der Waals surface area (Å²) in [5.41, 5.74) is 1.66. The first-order chi connectivity index (χ1) is 9.47. The Labute approximate surface area is 138 Å². The molecule has 1 heterocycles. The standard InChI is InChI=1S/C14H13Br2FO2S/c1-7-4-12(20-14(7)16)13(15)8-5-10(18-2)11(19-3)6-9(8)17/h4-6,13H,1-3H3. The van der Waals surface area contributed by atoms with Crippen molar-refractivity contribution in [3.63, 3.8) is 0 Å². The van der Waals surface area contributed by atoms with Gasteiger partial charge >= 0.3 is 0 Å². The Morgan fingerprint density at radius 3 is 2.25 bits per heavy atom. The Morgan fingerprint density at radius 2 is 1.75 bits per heavy atom. The van der Waals surface area contributed by atoms with E-state index in [1.807, 2.05) is 13.0 Å². The average molecular weight is 424 g/mol. The highest BCUT2D eigenvalue weighted by molar-refractivity contribution is 9.11. The minimum Gasteiger partial charge on any atom is -0.493 e. The molecule has 2 nitrogen and oxygen atoms in total. The van der Waals surface area contributed by atoms with Crippen LogP contribution in [0.1, 0.15) is 20.8 Å². The molecule has 0 radical (unpaired) electrons. The van der Waals surface area contributed by atoms with Crippen molar-refractivity contribution in [1.82, 2.24) is 0 Å². The number of hydrogen-bond acceptors (Lipinski definition) is 3. The second kappa shape index (κ2) is 6.45. The minimum absolute atomic E-state index is 0.225. The predicted molar refractivity (Wildman–Crippen MR) is 87.0 cm³/mol. The number of methoxy groups -OCH3 is 2. The zero-order valence-electron chi connectivity index (χ0n) is 11.2. The van der Waals surface area contributed by atoms with Crippen LogP contribution < -0.4 is 9.47 Å². The third-order valence-electron chi connectivity index (χ3n) is 2.90. The Hall–Kier alpha value is -0.590. The number of rotatable bonds is 4. The maximum absolute atomic E-state index is 14.2. The molecule has 0 fully saturated rings. The van der Waals surface area contributed by atoms with Gasteiger partial charge in [-0.25, -0.2) is 4.39 Å². The number of alkyl halides is 1. The fourth-order valence-corrected chi connectivity index (χ4v) is 4.16. The second-order valence-corrected chi connectivity index (χ2v) is 7.51. The van der Waals surface area contributed by atoms with Crippen LogP contribution in [0.25, 0.3) is 0 Å². The van der Waals surface area contributed by atoms with E-state index >= 15 is 0 Å². The maximum atomic E-state index is 14.2. The van der Waals surface area contributed by atoms with E-state index in [2.05, 4.69) is 31.9 Å². The van der Waals surface area contributed by atoms with Crippen LogP contribution in [0.15, 0.2) is 22.0 Å². The Balaban J connectivity index is 2.46. The predicted octanol–water partition coefficient (Wildman–Crippen LogP) is 5.46. The summed E-state index contributed by atoms with van der Waals surface area (Å²) >= 11 is 8.62. The summed E-state index contributed by atoms with van der Waals surface area (Å²) in [5, 5.41) is 0. The van der Waals surface area contributed by atoms with Gasteiger partial charge in [0.25, 0.3) is 0 Å². The molecule has 0 saturated carbocycles. The van der Waals surface area contributed by atoms with Crippen molar-refractivity contribution in [2.75, 3.05) is 14.2 Å². The molecule has 6 heteroatoms. The highest BCUT2D eigenvalue weighted by atomic mass is 79.9. The summed E-state index contributed by atoms with van der Waals surface area (Å²) in [6, 6.07) is 5.04. The van der Waals surface area contributed by atoms with Gasteiger partial charge in [0.15, 0.2) is 11.5 Å². The van der Waals surface area contributed by atoms with Crippen molar-refractivity contribution in [3.05, 3.63) is 43.8 Å². The lowest BCUT2D eigenvalue weighted by molar-refractivity contribution is 0.351. The quantitative estimate of drug-likeness (QED) is 0.608. The normalized spacial score (nSPS) is 12.3. The van der Waals surface area contributed by atoms with E-state index in [0.717, 1.165) is 14.2 Å². The lowest BCUT2D eigenvalue weighted by Crippen LogP contribution is -1.99. The van der Waals surface area contributed by atoms with Crippen LogP contribution in [0.3, 0.4) is 0 Å². The van der Waals surface area contributed by atoms with Crippen molar-refractivity contribution in [3.8, 4) is 11.5 Å². The number of benzene rings is 1. The number of ether oxygens (including phenoxy) is 2. The van der Waals surface area contributed by atoms with Crippen LogP contribution in [0.4, 0.5) is 4.39 Å². The van der Waals surface area contributed by atoms with E-state index in [0.29, 0.717) is 17.1 Å². The maximum Gasteiger partial charge on any atom is 0.163 e. The van der Waals surface area contributed by atoms with Gasteiger partial charge in [0, 0.05) is 16.5 Å². The molecule has 1 atom stereocenters. The highest BCUT2D eigenvalue weighted by Crippen LogP contribution is 2.42. The Kier molecular flexibility index (Phi) is 5.09. The van der Waals surface area contributed by atoms with Gasteiger partial charge < -0.3 is 9.47 Å². The topological polar surface area (TPSA) is 18.5 Å². The van der Waals surface area contributed by atoms with E-state index in [9.17, 15) is 4.39 Å². The third-order valence-corrected chi connectivity index (χ3v) is 6.39. The first kappa shape index (κ1) is 15.8. The molecular formula is C14H13Br2FO2S. The van der Waals surface area contributed by atoms with Crippen LogP contribution in [-0.4, -0.2) is 14.2 Å². The summed E-state index contributed by atoms with van der Waals surface area (Å²) in [6.45, 7) is 2.01. The minimum atomic E-state index is -0.327. The number of halogens is 3. The Bertz CT molecular complexity index is 608. The molecule has 0 aliphatic rings. The molecule has 0 bridgehead atoms. The van der Waals surface area contributed by atoms with Crippen molar-refractivity contribution in [2.24, 2.45) is 0 Å². The molecule has 20 heavy (non-hydrogen) atoms. The van der Waals surface area contributed by atoms with Gasteiger partial charge in [-0.1, -0.05) is 15.9 Å². The Morgan fingerprint density at radius 1 is 1.15 bits per heavy atom. The van der Waals surface area contributed by atoms with Gasteiger partial charge in [-0.15, -0.1) is 11.3 Å². The SMILES string of the molecule is COc1cc(F)c(C(Br)c2cc(C)c(Br)s2)cc1OC. The van der Waals surface area contributed by atoms with Crippen LogP contribution in [0.2, 0.25) is 0 Å². The molecule has 0 saturated heterocycles. The smallest absolute Gasteiger partial charge is 0.163 e. The van der Waals surface area contributed by atoms with Crippen LogP contribution in [-0.2, 0) is 0 Å². The fourth-order valence-electron chi connectivity index (χ4n) is 1.83. The zero-order chi connectivity index (χ0) is 14.9. The molecule has 108 valence electrons. The fraction of sp³-hybridized carbons (Fsp3) is 0.286. The second-order valence-electron chi connectivity index (χ2n) is 4.20.